The third-order valence-electron chi connectivity index (χ3n) is 5.65. The maximum absolute atomic E-state index is 12.2. The lowest BCUT2D eigenvalue weighted by atomic mass is 9.79. The molecule has 1 aliphatic carbocycles. The molecule has 2 atom stereocenters. The summed E-state index contributed by atoms with van der Waals surface area (Å²) in [5, 5.41) is 3.21. The summed E-state index contributed by atoms with van der Waals surface area (Å²) in [5.41, 5.74) is 0. The highest BCUT2D eigenvalue weighted by Crippen LogP contribution is 2.31. The van der Waals surface area contributed by atoms with E-state index in [9.17, 15) is 4.79 Å². The van der Waals surface area contributed by atoms with E-state index >= 15 is 0 Å². The molecule has 1 saturated carbocycles. The van der Waals surface area contributed by atoms with Gasteiger partial charge in [-0.25, -0.2) is 0 Å². The van der Waals surface area contributed by atoms with Crippen LogP contribution in [0.4, 0.5) is 0 Å². The Morgan fingerprint density at radius 2 is 1.86 bits per heavy atom. The average molecular weight is 294 g/mol. The summed E-state index contributed by atoms with van der Waals surface area (Å²) in [7, 11) is 0. The Balaban J connectivity index is 1.68. The summed E-state index contributed by atoms with van der Waals surface area (Å²) in [6.45, 7) is 7.67. The van der Waals surface area contributed by atoms with E-state index in [1.54, 1.807) is 0 Å². The molecule has 2 rings (SSSR count). The normalized spacial score (nSPS) is 26.5. The highest BCUT2D eigenvalue weighted by atomic mass is 16.1. The maximum Gasteiger partial charge on any atom is 0.220 e. The standard InChI is InChI=1S/C18H34N2O/c1-3-20-12-8-7-11-17(20)14-19-18(21)13-15(2)16-9-5-4-6-10-16/h15-17H,3-14H2,1-2H3,(H,19,21). The first-order valence-electron chi connectivity index (χ1n) is 9.21. The number of hydrogen-bond donors (Lipinski definition) is 1. The molecule has 1 heterocycles. The molecule has 0 aromatic carbocycles. The SMILES string of the molecule is CCN1CCCCC1CNC(=O)CC(C)C1CCCCC1. The van der Waals surface area contributed by atoms with Crippen molar-refractivity contribution >= 4 is 5.91 Å². The molecule has 3 heteroatoms. The molecule has 2 unspecified atom stereocenters. The molecule has 0 spiro atoms. The molecule has 0 radical (unpaired) electrons. The van der Waals surface area contributed by atoms with Gasteiger partial charge in [0.05, 0.1) is 0 Å². The van der Waals surface area contributed by atoms with E-state index in [0.717, 1.165) is 25.4 Å². The molecule has 0 bridgehead atoms. The van der Waals surface area contributed by atoms with Gasteiger partial charge in [-0.1, -0.05) is 52.4 Å². The lowest BCUT2D eigenvalue weighted by Gasteiger charge is -2.35. The van der Waals surface area contributed by atoms with E-state index in [-0.39, 0.29) is 5.91 Å². The van der Waals surface area contributed by atoms with Gasteiger partial charge in [0.2, 0.25) is 5.91 Å². The number of carbonyl (C=O) groups is 1. The predicted octanol–water partition coefficient (Wildman–Crippen LogP) is 3.58. The number of amides is 1. The maximum atomic E-state index is 12.2. The Hall–Kier alpha value is -0.570. The van der Waals surface area contributed by atoms with Crippen molar-refractivity contribution < 1.29 is 4.79 Å². The lowest BCUT2D eigenvalue weighted by molar-refractivity contribution is -0.122. The third-order valence-corrected chi connectivity index (χ3v) is 5.65. The summed E-state index contributed by atoms with van der Waals surface area (Å²) in [5.74, 6) is 1.61. The van der Waals surface area contributed by atoms with Crippen LogP contribution < -0.4 is 5.32 Å². The van der Waals surface area contributed by atoms with Crippen LogP contribution in [-0.2, 0) is 4.79 Å². The summed E-state index contributed by atoms with van der Waals surface area (Å²) < 4.78 is 0. The van der Waals surface area contributed by atoms with E-state index in [1.807, 2.05) is 0 Å². The molecule has 1 amide bonds. The van der Waals surface area contributed by atoms with Crippen LogP contribution in [0.5, 0.6) is 0 Å². The number of likely N-dealkylation sites (tertiary alicyclic amines) is 1. The van der Waals surface area contributed by atoms with Gasteiger partial charge in [0.25, 0.3) is 0 Å². The van der Waals surface area contributed by atoms with Gasteiger partial charge < -0.3 is 5.32 Å². The number of rotatable bonds is 6. The quantitative estimate of drug-likeness (QED) is 0.812. The Bertz CT molecular complexity index is 312. The minimum atomic E-state index is 0.273. The molecule has 122 valence electrons. The second-order valence-corrected chi connectivity index (χ2v) is 7.16. The van der Waals surface area contributed by atoms with Gasteiger partial charge in [-0.3, -0.25) is 9.69 Å². The van der Waals surface area contributed by atoms with Crippen LogP contribution in [0.15, 0.2) is 0 Å². The van der Waals surface area contributed by atoms with Gasteiger partial charge >= 0.3 is 0 Å². The molecule has 1 saturated heterocycles. The van der Waals surface area contributed by atoms with Gasteiger partial charge in [0, 0.05) is 19.0 Å². The second-order valence-electron chi connectivity index (χ2n) is 7.16. The topological polar surface area (TPSA) is 32.3 Å². The van der Waals surface area contributed by atoms with Crippen molar-refractivity contribution in [1.82, 2.24) is 10.2 Å². The minimum absolute atomic E-state index is 0.273. The van der Waals surface area contributed by atoms with Crippen molar-refractivity contribution in [3.63, 3.8) is 0 Å². The van der Waals surface area contributed by atoms with E-state index < -0.39 is 0 Å². The van der Waals surface area contributed by atoms with Crippen molar-refractivity contribution in [2.45, 2.75) is 77.7 Å². The lowest BCUT2D eigenvalue weighted by Crippen LogP contribution is -2.46. The first-order valence-corrected chi connectivity index (χ1v) is 9.21. The largest absolute Gasteiger partial charge is 0.355 e. The average Bonchev–Trinajstić information content (AvgIpc) is 2.54. The second kappa shape index (κ2) is 8.77. The van der Waals surface area contributed by atoms with Crippen molar-refractivity contribution in [3.8, 4) is 0 Å². The van der Waals surface area contributed by atoms with Crippen molar-refractivity contribution in [2.24, 2.45) is 11.8 Å². The van der Waals surface area contributed by atoms with Gasteiger partial charge in [0.1, 0.15) is 0 Å². The fourth-order valence-corrected chi connectivity index (χ4v) is 4.17. The predicted molar refractivity (Wildman–Crippen MR) is 88.3 cm³/mol. The van der Waals surface area contributed by atoms with Crippen LogP contribution in [0.1, 0.15) is 71.6 Å². The summed E-state index contributed by atoms with van der Waals surface area (Å²) in [6, 6.07) is 0.567. The Morgan fingerprint density at radius 1 is 1.14 bits per heavy atom. The van der Waals surface area contributed by atoms with Crippen LogP contribution in [-0.4, -0.2) is 36.5 Å². The molecule has 0 aromatic rings. The van der Waals surface area contributed by atoms with Gasteiger partial charge in [0.15, 0.2) is 0 Å². The highest BCUT2D eigenvalue weighted by molar-refractivity contribution is 5.76. The van der Waals surface area contributed by atoms with Crippen LogP contribution in [0, 0.1) is 11.8 Å². The van der Waals surface area contributed by atoms with Crippen molar-refractivity contribution in [2.75, 3.05) is 19.6 Å². The number of carbonyl (C=O) groups excluding carboxylic acids is 1. The summed E-state index contributed by atoms with van der Waals surface area (Å²) in [4.78, 5) is 14.7. The monoisotopic (exact) mass is 294 g/mol. The van der Waals surface area contributed by atoms with E-state index in [4.69, 9.17) is 0 Å². The summed E-state index contributed by atoms with van der Waals surface area (Å²) in [6.07, 6.45) is 11.4. The van der Waals surface area contributed by atoms with E-state index in [1.165, 1.54) is 57.9 Å². The molecule has 1 N–H and O–H groups in total. The van der Waals surface area contributed by atoms with Gasteiger partial charge in [-0.2, -0.15) is 0 Å². The van der Waals surface area contributed by atoms with Crippen LogP contribution >= 0.6 is 0 Å². The Labute approximate surface area is 130 Å². The zero-order valence-electron chi connectivity index (χ0n) is 14.1. The van der Waals surface area contributed by atoms with Crippen LogP contribution in [0.3, 0.4) is 0 Å². The zero-order chi connectivity index (χ0) is 15.1. The highest BCUT2D eigenvalue weighted by Gasteiger charge is 2.24. The Morgan fingerprint density at radius 3 is 2.57 bits per heavy atom. The number of piperidine rings is 1. The van der Waals surface area contributed by atoms with E-state index in [2.05, 4.69) is 24.1 Å². The first kappa shape index (κ1) is 16.8. The fraction of sp³-hybridized carbons (Fsp3) is 0.944. The number of likely N-dealkylation sites (N-methyl/N-ethyl adjacent to an activating group) is 1. The number of hydrogen-bond acceptors (Lipinski definition) is 2. The van der Waals surface area contributed by atoms with Crippen molar-refractivity contribution in [3.05, 3.63) is 0 Å². The molecular formula is C18H34N2O. The number of nitrogens with one attached hydrogen (secondary N) is 1. The van der Waals surface area contributed by atoms with Crippen molar-refractivity contribution in [1.29, 1.82) is 0 Å². The third kappa shape index (κ3) is 5.28. The fourth-order valence-electron chi connectivity index (χ4n) is 4.17. The van der Waals surface area contributed by atoms with Crippen LogP contribution in [0.25, 0.3) is 0 Å². The molecule has 1 aliphatic heterocycles. The molecule has 2 fully saturated rings. The smallest absolute Gasteiger partial charge is 0.220 e. The first-order chi connectivity index (χ1) is 10.2. The number of nitrogens with zero attached hydrogens (tertiary/aromatic N) is 1. The molecular weight excluding hydrogens is 260 g/mol. The molecule has 0 aromatic heterocycles. The molecule has 2 aliphatic rings. The minimum Gasteiger partial charge on any atom is -0.355 e. The Kier molecular flexibility index (Phi) is 7.01. The van der Waals surface area contributed by atoms with Gasteiger partial charge in [-0.15, -0.1) is 0 Å². The summed E-state index contributed by atoms with van der Waals surface area (Å²) >= 11 is 0. The van der Waals surface area contributed by atoms with Gasteiger partial charge in [-0.05, 0) is 37.8 Å². The zero-order valence-corrected chi connectivity index (χ0v) is 14.1. The molecule has 3 nitrogen and oxygen atoms in total. The molecule has 21 heavy (non-hydrogen) atoms. The van der Waals surface area contributed by atoms with E-state index in [0.29, 0.717) is 12.0 Å². The van der Waals surface area contributed by atoms with Crippen LogP contribution in [0.2, 0.25) is 0 Å².